The molecule has 0 aliphatic rings. The summed E-state index contributed by atoms with van der Waals surface area (Å²) in [5.41, 5.74) is 4.35. The minimum Gasteiger partial charge on any atom is -0.387 e. The predicted octanol–water partition coefficient (Wildman–Crippen LogP) is 4.21. The summed E-state index contributed by atoms with van der Waals surface area (Å²) in [4.78, 5) is 0. The van der Waals surface area contributed by atoms with Crippen molar-refractivity contribution < 1.29 is 5.11 Å². The zero-order chi connectivity index (χ0) is 13.8. The molecule has 1 atom stereocenters. The maximum Gasteiger partial charge on any atom is 0.0962 e. The van der Waals surface area contributed by atoms with Crippen LogP contribution >= 0.6 is 15.9 Å². The second kappa shape index (κ2) is 6.22. The van der Waals surface area contributed by atoms with Gasteiger partial charge in [0.1, 0.15) is 0 Å². The van der Waals surface area contributed by atoms with Crippen molar-refractivity contribution in [3.05, 3.63) is 63.6 Å². The van der Waals surface area contributed by atoms with Gasteiger partial charge < -0.3 is 10.4 Å². The predicted molar refractivity (Wildman–Crippen MR) is 83.5 cm³/mol. The molecule has 1 unspecified atom stereocenters. The Hall–Kier alpha value is -1.32. The average Bonchev–Trinajstić information content (AvgIpc) is 2.43. The number of aliphatic hydroxyl groups excluding tert-OH is 1. The Kier molecular flexibility index (Phi) is 4.61. The number of nitrogens with one attached hydrogen (secondary N) is 1. The number of aryl methyl sites for hydroxylation is 2. The molecule has 0 spiro atoms. The first-order valence-corrected chi connectivity index (χ1v) is 7.11. The Morgan fingerprint density at radius 1 is 1.11 bits per heavy atom. The second-order valence-electron chi connectivity index (χ2n) is 4.73. The van der Waals surface area contributed by atoms with E-state index in [-0.39, 0.29) is 0 Å². The number of hydrogen-bond donors (Lipinski definition) is 2. The summed E-state index contributed by atoms with van der Waals surface area (Å²) >= 11 is 3.55. The van der Waals surface area contributed by atoms with Gasteiger partial charge in [-0.05, 0) is 42.7 Å². The molecule has 0 bridgehead atoms. The summed E-state index contributed by atoms with van der Waals surface area (Å²) in [5.74, 6) is 0. The van der Waals surface area contributed by atoms with E-state index in [1.807, 2.05) is 30.3 Å². The lowest BCUT2D eigenvalue weighted by Gasteiger charge is -2.15. The molecule has 0 aromatic heterocycles. The molecule has 0 saturated heterocycles. The second-order valence-corrected chi connectivity index (χ2v) is 5.52. The quantitative estimate of drug-likeness (QED) is 0.884. The van der Waals surface area contributed by atoms with Gasteiger partial charge in [0.25, 0.3) is 0 Å². The lowest BCUT2D eigenvalue weighted by atomic mass is 10.1. The highest BCUT2D eigenvalue weighted by atomic mass is 79.9. The Labute approximate surface area is 122 Å². The van der Waals surface area contributed by atoms with E-state index < -0.39 is 6.10 Å². The van der Waals surface area contributed by atoms with Crippen LogP contribution in [0.4, 0.5) is 5.69 Å². The van der Waals surface area contributed by atoms with E-state index in [1.54, 1.807) is 0 Å². The molecule has 2 aromatic rings. The summed E-state index contributed by atoms with van der Waals surface area (Å²) in [7, 11) is 0. The number of hydrogen-bond acceptors (Lipinski definition) is 2. The molecule has 2 aromatic carbocycles. The van der Waals surface area contributed by atoms with Crippen molar-refractivity contribution in [2.75, 3.05) is 11.9 Å². The smallest absolute Gasteiger partial charge is 0.0962 e. The van der Waals surface area contributed by atoms with Gasteiger partial charge in [0.15, 0.2) is 0 Å². The molecule has 100 valence electrons. The molecular weight excluding hydrogens is 302 g/mol. The van der Waals surface area contributed by atoms with E-state index in [0.29, 0.717) is 6.54 Å². The third-order valence-electron chi connectivity index (χ3n) is 3.12. The molecule has 2 rings (SSSR count). The minimum atomic E-state index is -0.495. The maximum atomic E-state index is 10.1. The number of anilines is 1. The van der Waals surface area contributed by atoms with E-state index in [4.69, 9.17) is 0 Å². The molecule has 3 heteroatoms. The average molecular weight is 320 g/mol. The molecule has 0 fully saturated rings. The fraction of sp³-hybridized carbons (Fsp3) is 0.250. The zero-order valence-corrected chi connectivity index (χ0v) is 12.7. The van der Waals surface area contributed by atoms with Gasteiger partial charge in [0.05, 0.1) is 6.10 Å². The Morgan fingerprint density at radius 2 is 1.68 bits per heavy atom. The van der Waals surface area contributed by atoms with Crippen molar-refractivity contribution >= 4 is 21.6 Å². The first-order chi connectivity index (χ1) is 9.08. The van der Waals surface area contributed by atoms with Crippen molar-refractivity contribution in [3.8, 4) is 0 Å². The van der Waals surface area contributed by atoms with Gasteiger partial charge in [0.2, 0.25) is 0 Å². The molecule has 0 heterocycles. The zero-order valence-electron chi connectivity index (χ0n) is 11.2. The molecular formula is C16H18BrNO. The van der Waals surface area contributed by atoms with Crippen LogP contribution in [0.15, 0.2) is 46.9 Å². The normalized spacial score (nSPS) is 12.2. The number of aliphatic hydroxyl groups is 1. The van der Waals surface area contributed by atoms with E-state index in [9.17, 15) is 5.11 Å². The van der Waals surface area contributed by atoms with E-state index in [2.05, 4.69) is 47.2 Å². The Morgan fingerprint density at radius 3 is 2.26 bits per heavy atom. The van der Waals surface area contributed by atoms with Crippen LogP contribution in [0.2, 0.25) is 0 Å². The SMILES string of the molecule is Cc1cc(NCC(O)c2ccccc2)cc(C)c1Br. The van der Waals surface area contributed by atoms with E-state index in [0.717, 1.165) is 15.7 Å². The molecule has 0 saturated carbocycles. The molecule has 0 radical (unpaired) electrons. The van der Waals surface area contributed by atoms with Gasteiger partial charge >= 0.3 is 0 Å². The van der Waals surface area contributed by atoms with Crippen LogP contribution in [0.25, 0.3) is 0 Å². The topological polar surface area (TPSA) is 32.3 Å². The Balaban J connectivity index is 2.03. The summed E-state index contributed by atoms with van der Waals surface area (Å²) in [6, 6.07) is 13.8. The number of rotatable bonds is 4. The summed E-state index contributed by atoms with van der Waals surface area (Å²) in [6.45, 7) is 4.64. The highest BCUT2D eigenvalue weighted by Gasteiger charge is 2.07. The van der Waals surface area contributed by atoms with Crippen LogP contribution in [0.3, 0.4) is 0 Å². The highest BCUT2D eigenvalue weighted by molar-refractivity contribution is 9.10. The van der Waals surface area contributed by atoms with Crippen LogP contribution < -0.4 is 5.32 Å². The summed E-state index contributed by atoms with van der Waals surface area (Å²) < 4.78 is 1.14. The number of halogens is 1. The van der Waals surface area contributed by atoms with Gasteiger partial charge in [-0.3, -0.25) is 0 Å². The fourth-order valence-corrected chi connectivity index (χ4v) is 2.28. The largest absolute Gasteiger partial charge is 0.387 e. The minimum absolute atomic E-state index is 0.495. The maximum absolute atomic E-state index is 10.1. The van der Waals surface area contributed by atoms with Gasteiger partial charge in [-0.1, -0.05) is 46.3 Å². The van der Waals surface area contributed by atoms with Crippen LogP contribution in [0.5, 0.6) is 0 Å². The van der Waals surface area contributed by atoms with E-state index >= 15 is 0 Å². The lowest BCUT2D eigenvalue weighted by molar-refractivity contribution is 0.191. The van der Waals surface area contributed by atoms with Gasteiger partial charge in [-0.15, -0.1) is 0 Å². The van der Waals surface area contributed by atoms with E-state index in [1.165, 1.54) is 11.1 Å². The van der Waals surface area contributed by atoms with Crippen LogP contribution in [0.1, 0.15) is 22.8 Å². The summed E-state index contributed by atoms with van der Waals surface area (Å²) in [6.07, 6.45) is -0.495. The third-order valence-corrected chi connectivity index (χ3v) is 4.37. The molecule has 2 nitrogen and oxygen atoms in total. The first kappa shape index (κ1) is 14.1. The van der Waals surface area contributed by atoms with Crippen LogP contribution in [0, 0.1) is 13.8 Å². The van der Waals surface area contributed by atoms with Crippen molar-refractivity contribution in [3.63, 3.8) is 0 Å². The van der Waals surface area contributed by atoms with Gasteiger partial charge in [-0.2, -0.15) is 0 Å². The Bertz CT molecular complexity index is 531. The van der Waals surface area contributed by atoms with Crippen LogP contribution in [-0.4, -0.2) is 11.7 Å². The molecule has 0 amide bonds. The highest BCUT2D eigenvalue weighted by Crippen LogP contribution is 2.25. The first-order valence-electron chi connectivity index (χ1n) is 6.31. The van der Waals surface area contributed by atoms with Crippen molar-refractivity contribution in [1.29, 1.82) is 0 Å². The molecule has 19 heavy (non-hydrogen) atoms. The number of benzene rings is 2. The monoisotopic (exact) mass is 319 g/mol. The third kappa shape index (κ3) is 3.58. The van der Waals surface area contributed by atoms with Crippen LogP contribution in [-0.2, 0) is 0 Å². The molecule has 2 N–H and O–H groups in total. The van der Waals surface area contributed by atoms with Gasteiger partial charge in [-0.25, -0.2) is 0 Å². The standard InChI is InChI=1S/C16H18BrNO/c1-11-8-14(9-12(2)16(11)17)18-10-15(19)13-6-4-3-5-7-13/h3-9,15,18-19H,10H2,1-2H3. The summed E-state index contributed by atoms with van der Waals surface area (Å²) in [5, 5.41) is 13.4. The molecule has 0 aliphatic carbocycles. The van der Waals surface area contributed by atoms with Crippen molar-refractivity contribution in [2.45, 2.75) is 20.0 Å². The molecule has 0 aliphatic heterocycles. The van der Waals surface area contributed by atoms with Gasteiger partial charge in [0, 0.05) is 16.7 Å². The van der Waals surface area contributed by atoms with Crippen molar-refractivity contribution in [1.82, 2.24) is 0 Å². The fourth-order valence-electron chi connectivity index (χ4n) is 2.06. The lowest BCUT2D eigenvalue weighted by Crippen LogP contribution is -2.12. The van der Waals surface area contributed by atoms with Crippen molar-refractivity contribution in [2.24, 2.45) is 0 Å².